The van der Waals surface area contributed by atoms with Crippen LogP contribution in [0.4, 0.5) is 0 Å². The summed E-state index contributed by atoms with van der Waals surface area (Å²) in [6, 6.07) is 6.28. The molecule has 27 heavy (non-hydrogen) atoms. The Morgan fingerprint density at radius 1 is 1.15 bits per heavy atom. The lowest BCUT2D eigenvalue weighted by molar-refractivity contribution is -0.146. The van der Waals surface area contributed by atoms with Gasteiger partial charge in [-0.25, -0.2) is 4.79 Å². The van der Waals surface area contributed by atoms with E-state index in [-0.39, 0.29) is 5.91 Å². The molecule has 1 aliphatic heterocycles. The molecule has 1 atom stereocenters. The van der Waals surface area contributed by atoms with Gasteiger partial charge < -0.3 is 19.1 Å². The Kier molecular flexibility index (Phi) is 6.01. The smallest absolute Gasteiger partial charge is 0.333 e. The lowest BCUT2D eigenvalue weighted by atomic mass is 9.98. The van der Waals surface area contributed by atoms with Crippen LogP contribution in [0.5, 0.6) is 11.5 Å². The Morgan fingerprint density at radius 3 is 2.59 bits per heavy atom. The molecule has 1 aliphatic rings. The average molecular weight is 389 g/mol. The van der Waals surface area contributed by atoms with E-state index in [1.807, 2.05) is 25.3 Å². The number of ether oxygens (including phenoxy) is 3. The van der Waals surface area contributed by atoms with E-state index in [2.05, 4.69) is 0 Å². The van der Waals surface area contributed by atoms with Gasteiger partial charge >= 0.3 is 5.97 Å². The van der Waals surface area contributed by atoms with Gasteiger partial charge in [-0.1, -0.05) is 0 Å². The zero-order chi connectivity index (χ0) is 19.4. The second kappa shape index (κ2) is 8.43. The van der Waals surface area contributed by atoms with Crippen molar-refractivity contribution >= 4 is 23.2 Å². The Morgan fingerprint density at radius 2 is 1.89 bits per heavy atom. The average Bonchev–Trinajstić information content (AvgIpc) is 3.16. The Balaban J connectivity index is 1.94. The lowest BCUT2D eigenvalue weighted by Gasteiger charge is -2.34. The number of methoxy groups -OCH3 is 1. The van der Waals surface area contributed by atoms with E-state index in [1.165, 1.54) is 7.11 Å². The van der Waals surface area contributed by atoms with Crippen molar-refractivity contribution in [3.05, 3.63) is 45.6 Å². The summed E-state index contributed by atoms with van der Waals surface area (Å²) in [4.78, 5) is 28.3. The van der Waals surface area contributed by atoms with Gasteiger partial charge in [-0.05, 0) is 55.5 Å². The van der Waals surface area contributed by atoms with Crippen molar-refractivity contribution in [2.75, 3.05) is 26.9 Å². The van der Waals surface area contributed by atoms with Gasteiger partial charge in [0.1, 0.15) is 0 Å². The number of hydrogen-bond acceptors (Lipinski definition) is 6. The van der Waals surface area contributed by atoms with Crippen molar-refractivity contribution < 1.29 is 23.8 Å². The first kappa shape index (κ1) is 19.2. The lowest BCUT2D eigenvalue weighted by Crippen LogP contribution is -2.43. The monoisotopic (exact) mass is 389 g/mol. The maximum atomic E-state index is 13.2. The molecule has 0 saturated heterocycles. The molecule has 2 aromatic rings. The Hall–Kier alpha value is -2.54. The summed E-state index contributed by atoms with van der Waals surface area (Å²) < 4.78 is 16.2. The van der Waals surface area contributed by atoms with Crippen molar-refractivity contribution in [2.45, 2.75) is 26.3 Å². The Labute approximate surface area is 162 Å². The van der Waals surface area contributed by atoms with Crippen LogP contribution in [0.3, 0.4) is 0 Å². The number of carbonyl (C=O) groups excluding carboxylic acids is 2. The number of fused-ring (bicyclic) bond motifs is 1. The van der Waals surface area contributed by atoms with Crippen LogP contribution < -0.4 is 9.47 Å². The van der Waals surface area contributed by atoms with E-state index in [1.54, 1.807) is 34.4 Å². The standard InChI is InChI=1S/C20H23NO5S/c1-4-25-15-7-6-13(12-16(15)26-5-2)19(22)21-10-8-17-14(9-11-27-17)18(21)20(23)24-3/h6-7,9,11-12,18H,4-5,8,10H2,1-3H3. The Bertz CT molecular complexity index is 832. The maximum Gasteiger partial charge on any atom is 0.333 e. The first-order chi connectivity index (χ1) is 13.1. The van der Waals surface area contributed by atoms with Crippen molar-refractivity contribution in [3.63, 3.8) is 0 Å². The van der Waals surface area contributed by atoms with E-state index >= 15 is 0 Å². The molecule has 6 nitrogen and oxygen atoms in total. The minimum atomic E-state index is -0.723. The summed E-state index contributed by atoms with van der Waals surface area (Å²) >= 11 is 1.60. The van der Waals surface area contributed by atoms with Crippen molar-refractivity contribution in [3.8, 4) is 11.5 Å². The first-order valence-corrected chi connectivity index (χ1v) is 9.83. The second-order valence-electron chi connectivity index (χ2n) is 6.00. The van der Waals surface area contributed by atoms with E-state index < -0.39 is 12.0 Å². The third kappa shape index (κ3) is 3.78. The fraction of sp³-hybridized carbons (Fsp3) is 0.400. The molecule has 0 fully saturated rings. The predicted molar refractivity (Wildman–Crippen MR) is 103 cm³/mol. The summed E-state index contributed by atoms with van der Waals surface area (Å²) in [5.41, 5.74) is 1.30. The molecule has 1 amide bonds. The molecule has 144 valence electrons. The van der Waals surface area contributed by atoms with Crippen LogP contribution in [0.25, 0.3) is 0 Å². The van der Waals surface area contributed by atoms with Gasteiger partial charge in [-0.2, -0.15) is 0 Å². The number of rotatable bonds is 6. The number of thiophene rings is 1. The fourth-order valence-electron chi connectivity index (χ4n) is 3.25. The maximum absolute atomic E-state index is 13.2. The molecule has 1 unspecified atom stereocenters. The quantitative estimate of drug-likeness (QED) is 0.708. The van der Waals surface area contributed by atoms with Gasteiger partial charge in [0.15, 0.2) is 17.5 Å². The number of carbonyl (C=O) groups is 2. The molecular weight excluding hydrogens is 366 g/mol. The third-order valence-corrected chi connectivity index (χ3v) is 5.44. The van der Waals surface area contributed by atoms with Crippen LogP contribution in [-0.4, -0.2) is 43.6 Å². The van der Waals surface area contributed by atoms with Crippen LogP contribution in [0.15, 0.2) is 29.6 Å². The molecule has 1 aromatic carbocycles. The largest absolute Gasteiger partial charge is 0.490 e. The summed E-state index contributed by atoms with van der Waals surface area (Å²) in [5, 5.41) is 1.94. The topological polar surface area (TPSA) is 65.1 Å². The van der Waals surface area contributed by atoms with Crippen LogP contribution in [-0.2, 0) is 16.0 Å². The highest BCUT2D eigenvalue weighted by molar-refractivity contribution is 7.10. The number of benzene rings is 1. The normalized spacial score (nSPS) is 15.8. The van der Waals surface area contributed by atoms with Crippen LogP contribution in [0.1, 0.15) is 40.7 Å². The SMILES string of the molecule is CCOc1ccc(C(=O)N2CCc3sccc3C2C(=O)OC)cc1OCC. The van der Waals surface area contributed by atoms with Gasteiger partial charge in [-0.15, -0.1) is 11.3 Å². The minimum Gasteiger partial charge on any atom is -0.490 e. The molecule has 1 aromatic heterocycles. The molecule has 3 rings (SSSR count). The molecule has 0 saturated carbocycles. The zero-order valence-corrected chi connectivity index (χ0v) is 16.5. The highest BCUT2D eigenvalue weighted by Crippen LogP contribution is 2.36. The minimum absolute atomic E-state index is 0.230. The van der Waals surface area contributed by atoms with E-state index in [9.17, 15) is 9.59 Å². The summed E-state index contributed by atoms with van der Waals surface area (Å²) in [6.07, 6.45) is 0.724. The van der Waals surface area contributed by atoms with Gasteiger partial charge in [0.2, 0.25) is 0 Å². The molecule has 0 bridgehead atoms. The summed E-state index contributed by atoms with van der Waals surface area (Å²) in [6.45, 7) is 5.20. The van der Waals surface area contributed by atoms with Crippen molar-refractivity contribution in [1.29, 1.82) is 0 Å². The van der Waals surface area contributed by atoms with Crippen LogP contribution in [0.2, 0.25) is 0 Å². The van der Waals surface area contributed by atoms with Crippen LogP contribution >= 0.6 is 11.3 Å². The van der Waals surface area contributed by atoms with Crippen molar-refractivity contribution in [1.82, 2.24) is 4.90 Å². The number of amides is 1. The van der Waals surface area contributed by atoms with E-state index in [0.29, 0.717) is 36.8 Å². The first-order valence-electron chi connectivity index (χ1n) is 8.95. The zero-order valence-electron chi connectivity index (χ0n) is 15.7. The van der Waals surface area contributed by atoms with E-state index in [0.717, 1.165) is 16.9 Å². The van der Waals surface area contributed by atoms with Gasteiger partial charge in [0.05, 0.1) is 20.3 Å². The number of esters is 1. The third-order valence-electron chi connectivity index (χ3n) is 4.44. The molecule has 0 N–H and O–H groups in total. The summed E-state index contributed by atoms with van der Waals surface area (Å²) in [5.74, 6) is 0.456. The number of nitrogens with zero attached hydrogens (tertiary/aromatic N) is 1. The molecule has 0 radical (unpaired) electrons. The molecular formula is C20H23NO5S. The molecule has 0 spiro atoms. The second-order valence-corrected chi connectivity index (χ2v) is 7.00. The molecule has 7 heteroatoms. The fourth-order valence-corrected chi connectivity index (χ4v) is 4.15. The molecule has 0 aliphatic carbocycles. The van der Waals surface area contributed by atoms with Crippen LogP contribution in [0, 0.1) is 0 Å². The van der Waals surface area contributed by atoms with Gasteiger partial charge in [0.25, 0.3) is 5.91 Å². The predicted octanol–water partition coefficient (Wildman–Crippen LogP) is 3.46. The molecule has 2 heterocycles. The van der Waals surface area contributed by atoms with E-state index in [4.69, 9.17) is 14.2 Å². The van der Waals surface area contributed by atoms with Gasteiger partial charge in [0, 0.05) is 17.0 Å². The number of hydrogen-bond donors (Lipinski definition) is 0. The highest BCUT2D eigenvalue weighted by Gasteiger charge is 2.37. The highest BCUT2D eigenvalue weighted by atomic mass is 32.1. The summed E-state index contributed by atoms with van der Waals surface area (Å²) in [7, 11) is 1.34. The van der Waals surface area contributed by atoms with Crippen molar-refractivity contribution in [2.24, 2.45) is 0 Å². The van der Waals surface area contributed by atoms with Gasteiger partial charge in [-0.3, -0.25) is 4.79 Å².